The van der Waals surface area contributed by atoms with E-state index in [0.717, 1.165) is 5.56 Å². The van der Waals surface area contributed by atoms with Crippen LogP contribution in [0, 0.1) is 5.82 Å². The van der Waals surface area contributed by atoms with Gasteiger partial charge >= 0.3 is 0 Å². The molecular weight excluding hydrogens is 261 g/mol. The minimum atomic E-state index is -0.292. The molecule has 2 N–H and O–H groups in total. The quantitative estimate of drug-likeness (QED) is 0.865. The number of nitrogens with two attached hydrogens (primary N) is 1. The number of nitrogens with zero attached hydrogens (tertiary/aromatic N) is 4. The van der Waals surface area contributed by atoms with Crippen molar-refractivity contribution in [2.24, 2.45) is 5.73 Å². The molecule has 2 aromatic rings. The monoisotopic (exact) mass is 277 g/mol. The SMILES string of the molecule is CN(Cc1ccc(F)cc1)C(=O)Cn1cc(CN)nn1. The lowest BCUT2D eigenvalue weighted by Crippen LogP contribution is -2.30. The molecule has 0 aliphatic rings. The first-order valence-electron chi connectivity index (χ1n) is 6.16. The lowest BCUT2D eigenvalue weighted by molar-refractivity contribution is -0.131. The third kappa shape index (κ3) is 3.61. The number of carbonyl (C=O) groups is 1. The lowest BCUT2D eigenvalue weighted by Gasteiger charge is -2.17. The molecule has 1 aromatic heterocycles. The highest BCUT2D eigenvalue weighted by atomic mass is 19.1. The van der Waals surface area contributed by atoms with E-state index in [2.05, 4.69) is 10.3 Å². The van der Waals surface area contributed by atoms with E-state index in [9.17, 15) is 9.18 Å². The zero-order valence-electron chi connectivity index (χ0n) is 11.2. The van der Waals surface area contributed by atoms with Crippen molar-refractivity contribution in [2.75, 3.05) is 7.05 Å². The molecule has 0 atom stereocenters. The van der Waals surface area contributed by atoms with Crippen molar-refractivity contribution in [1.29, 1.82) is 0 Å². The Morgan fingerprint density at radius 2 is 2.10 bits per heavy atom. The van der Waals surface area contributed by atoms with Gasteiger partial charge in [-0.2, -0.15) is 0 Å². The van der Waals surface area contributed by atoms with Crippen LogP contribution >= 0.6 is 0 Å². The third-order valence-electron chi connectivity index (χ3n) is 2.85. The van der Waals surface area contributed by atoms with Crippen molar-refractivity contribution in [2.45, 2.75) is 19.6 Å². The van der Waals surface area contributed by atoms with Gasteiger partial charge in [-0.05, 0) is 17.7 Å². The molecule has 7 heteroatoms. The molecule has 1 aromatic carbocycles. The van der Waals surface area contributed by atoms with E-state index in [1.165, 1.54) is 16.8 Å². The largest absolute Gasteiger partial charge is 0.340 e. The molecule has 0 saturated heterocycles. The Bertz CT molecular complexity index is 581. The molecule has 0 aliphatic carbocycles. The van der Waals surface area contributed by atoms with Crippen LogP contribution < -0.4 is 5.73 Å². The zero-order chi connectivity index (χ0) is 14.5. The summed E-state index contributed by atoms with van der Waals surface area (Å²) < 4.78 is 14.2. The first-order chi connectivity index (χ1) is 9.58. The number of rotatable bonds is 5. The van der Waals surface area contributed by atoms with Gasteiger partial charge in [0.25, 0.3) is 0 Å². The van der Waals surface area contributed by atoms with E-state index in [0.29, 0.717) is 18.8 Å². The molecule has 0 radical (unpaired) electrons. The van der Waals surface area contributed by atoms with Gasteiger partial charge in [0.2, 0.25) is 5.91 Å². The highest BCUT2D eigenvalue weighted by Crippen LogP contribution is 2.06. The highest BCUT2D eigenvalue weighted by Gasteiger charge is 2.11. The van der Waals surface area contributed by atoms with Crippen LogP contribution in [-0.2, 0) is 24.4 Å². The third-order valence-corrected chi connectivity index (χ3v) is 2.85. The Hall–Kier alpha value is -2.28. The number of hydrogen-bond donors (Lipinski definition) is 1. The van der Waals surface area contributed by atoms with E-state index in [1.807, 2.05) is 0 Å². The molecule has 20 heavy (non-hydrogen) atoms. The maximum absolute atomic E-state index is 12.8. The van der Waals surface area contributed by atoms with Crippen LogP contribution in [-0.4, -0.2) is 32.8 Å². The Kier molecular flexibility index (Phi) is 4.41. The second-order valence-corrected chi connectivity index (χ2v) is 4.49. The van der Waals surface area contributed by atoms with Gasteiger partial charge in [0.05, 0.1) is 11.9 Å². The minimum absolute atomic E-state index is 0.102. The second-order valence-electron chi connectivity index (χ2n) is 4.49. The van der Waals surface area contributed by atoms with Gasteiger partial charge in [-0.3, -0.25) is 4.79 Å². The van der Waals surface area contributed by atoms with Crippen molar-refractivity contribution >= 4 is 5.91 Å². The molecule has 2 rings (SSSR count). The number of carbonyl (C=O) groups excluding carboxylic acids is 1. The van der Waals surface area contributed by atoms with E-state index < -0.39 is 0 Å². The average Bonchev–Trinajstić information content (AvgIpc) is 2.89. The smallest absolute Gasteiger partial charge is 0.244 e. The molecule has 0 bridgehead atoms. The van der Waals surface area contributed by atoms with Crippen LogP contribution in [0.3, 0.4) is 0 Å². The van der Waals surface area contributed by atoms with E-state index in [1.54, 1.807) is 30.3 Å². The predicted octanol–water partition coefficient (Wildman–Crippen LogP) is 0.535. The van der Waals surface area contributed by atoms with E-state index in [4.69, 9.17) is 5.73 Å². The van der Waals surface area contributed by atoms with Crippen molar-refractivity contribution in [3.05, 3.63) is 47.5 Å². The summed E-state index contributed by atoms with van der Waals surface area (Å²) in [6.07, 6.45) is 1.64. The highest BCUT2D eigenvalue weighted by molar-refractivity contribution is 5.75. The number of benzene rings is 1. The molecule has 6 nitrogen and oxygen atoms in total. The number of likely N-dealkylation sites (N-methyl/N-ethyl adjacent to an activating group) is 1. The van der Waals surface area contributed by atoms with Gasteiger partial charge in [-0.25, -0.2) is 9.07 Å². The van der Waals surface area contributed by atoms with Crippen LogP contribution in [0.5, 0.6) is 0 Å². The average molecular weight is 277 g/mol. The van der Waals surface area contributed by atoms with Crippen LogP contribution in [0.1, 0.15) is 11.3 Å². The summed E-state index contributed by atoms with van der Waals surface area (Å²) in [5.41, 5.74) is 6.93. The maximum Gasteiger partial charge on any atom is 0.244 e. The van der Waals surface area contributed by atoms with E-state index in [-0.39, 0.29) is 18.3 Å². The first-order valence-corrected chi connectivity index (χ1v) is 6.16. The Morgan fingerprint density at radius 3 is 2.70 bits per heavy atom. The Labute approximate surface area is 116 Å². The summed E-state index contributed by atoms with van der Waals surface area (Å²) >= 11 is 0. The maximum atomic E-state index is 12.8. The molecule has 1 heterocycles. The molecule has 0 aliphatic heterocycles. The van der Waals surface area contributed by atoms with Crippen LogP contribution in [0.4, 0.5) is 4.39 Å². The number of hydrogen-bond acceptors (Lipinski definition) is 4. The molecule has 106 valence electrons. The Morgan fingerprint density at radius 1 is 1.40 bits per heavy atom. The summed E-state index contributed by atoms with van der Waals surface area (Å²) in [7, 11) is 1.69. The summed E-state index contributed by atoms with van der Waals surface area (Å²) in [5, 5.41) is 7.63. The fraction of sp³-hybridized carbons (Fsp3) is 0.308. The van der Waals surface area contributed by atoms with Crippen molar-refractivity contribution in [1.82, 2.24) is 19.9 Å². The van der Waals surface area contributed by atoms with E-state index >= 15 is 0 Å². The minimum Gasteiger partial charge on any atom is -0.340 e. The fourth-order valence-electron chi connectivity index (χ4n) is 1.72. The molecule has 1 amide bonds. The number of aromatic nitrogens is 3. The van der Waals surface area contributed by atoms with Crippen molar-refractivity contribution < 1.29 is 9.18 Å². The molecular formula is C13H16FN5O. The summed E-state index contributed by atoms with van der Waals surface area (Å²) in [4.78, 5) is 13.6. The molecule has 0 unspecified atom stereocenters. The first kappa shape index (κ1) is 14.1. The predicted molar refractivity (Wildman–Crippen MR) is 70.8 cm³/mol. The van der Waals surface area contributed by atoms with Crippen LogP contribution in [0.15, 0.2) is 30.5 Å². The number of halogens is 1. The zero-order valence-corrected chi connectivity index (χ0v) is 11.2. The Balaban J connectivity index is 1.93. The number of amides is 1. The molecule has 0 spiro atoms. The second kappa shape index (κ2) is 6.25. The fourth-order valence-corrected chi connectivity index (χ4v) is 1.72. The standard InChI is InChI=1S/C13H16FN5O/c1-18(7-10-2-4-11(14)5-3-10)13(20)9-19-8-12(6-15)16-17-19/h2-5,8H,6-7,9,15H2,1H3. The normalized spacial score (nSPS) is 10.6. The van der Waals surface area contributed by atoms with Crippen LogP contribution in [0.2, 0.25) is 0 Å². The van der Waals surface area contributed by atoms with Gasteiger partial charge in [0.15, 0.2) is 0 Å². The van der Waals surface area contributed by atoms with Crippen molar-refractivity contribution in [3.8, 4) is 0 Å². The summed E-state index contributed by atoms with van der Waals surface area (Å²) in [6.45, 7) is 0.807. The lowest BCUT2D eigenvalue weighted by atomic mass is 10.2. The van der Waals surface area contributed by atoms with Gasteiger partial charge < -0.3 is 10.6 Å². The topological polar surface area (TPSA) is 77.0 Å². The van der Waals surface area contributed by atoms with Gasteiger partial charge in [-0.1, -0.05) is 17.3 Å². The summed E-state index contributed by atoms with van der Waals surface area (Å²) in [5.74, 6) is -0.401. The van der Waals surface area contributed by atoms with Gasteiger partial charge in [-0.15, -0.1) is 5.10 Å². The molecule has 0 saturated carbocycles. The van der Waals surface area contributed by atoms with Crippen LogP contribution in [0.25, 0.3) is 0 Å². The van der Waals surface area contributed by atoms with Gasteiger partial charge in [0, 0.05) is 20.1 Å². The van der Waals surface area contributed by atoms with Crippen molar-refractivity contribution in [3.63, 3.8) is 0 Å². The van der Waals surface area contributed by atoms with Gasteiger partial charge in [0.1, 0.15) is 12.4 Å². The summed E-state index contributed by atoms with van der Waals surface area (Å²) in [6, 6.07) is 6.05. The molecule has 0 fully saturated rings.